The van der Waals surface area contributed by atoms with Gasteiger partial charge in [-0.2, -0.15) is 0 Å². The highest BCUT2D eigenvalue weighted by molar-refractivity contribution is 6.08. The van der Waals surface area contributed by atoms with Gasteiger partial charge in [0.2, 0.25) is 17.7 Å². The first-order chi connectivity index (χ1) is 13.0. The van der Waals surface area contributed by atoms with E-state index in [1.165, 1.54) is 43.4 Å². The molecule has 0 spiro atoms. The summed E-state index contributed by atoms with van der Waals surface area (Å²) in [5, 5.41) is 3.11. The highest BCUT2D eigenvalue weighted by Gasteiger charge is 2.59. The lowest BCUT2D eigenvalue weighted by Gasteiger charge is -2.56. The maximum absolute atomic E-state index is 12.7. The SMILES string of the molecule is O=C(CN1C(=O)C2C3C=CC(C3)C2C1=O)NCC12CC3CC(CC(C3)C1)C2. The van der Waals surface area contributed by atoms with Gasteiger partial charge in [0, 0.05) is 6.54 Å². The smallest absolute Gasteiger partial charge is 0.240 e. The second kappa shape index (κ2) is 5.45. The second-order valence-electron chi connectivity index (χ2n) is 10.5. The van der Waals surface area contributed by atoms with Crippen molar-refractivity contribution in [2.24, 2.45) is 46.8 Å². The number of imide groups is 1. The van der Waals surface area contributed by atoms with Crippen molar-refractivity contribution < 1.29 is 14.4 Å². The quantitative estimate of drug-likeness (QED) is 0.611. The highest BCUT2D eigenvalue weighted by atomic mass is 16.2. The number of carbonyl (C=O) groups is 3. The number of nitrogens with zero attached hydrogens (tertiary/aromatic N) is 1. The number of carbonyl (C=O) groups excluding carboxylic acids is 3. The predicted molar refractivity (Wildman–Crippen MR) is 98.1 cm³/mol. The van der Waals surface area contributed by atoms with Crippen molar-refractivity contribution in [3.05, 3.63) is 12.2 Å². The van der Waals surface area contributed by atoms with Crippen molar-refractivity contribution in [2.75, 3.05) is 13.1 Å². The van der Waals surface area contributed by atoms with Crippen molar-refractivity contribution in [1.82, 2.24) is 10.2 Å². The molecule has 0 aromatic rings. The normalized spacial score (nSPS) is 48.6. The molecule has 6 fully saturated rings. The Morgan fingerprint density at radius 2 is 1.44 bits per heavy atom. The molecule has 5 heteroatoms. The van der Waals surface area contributed by atoms with E-state index in [0.717, 1.165) is 30.7 Å². The summed E-state index contributed by atoms with van der Waals surface area (Å²) in [7, 11) is 0. The first-order valence-corrected chi connectivity index (χ1v) is 10.8. The highest BCUT2D eigenvalue weighted by Crippen LogP contribution is 2.59. The molecule has 1 aliphatic heterocycles. The Morgan fingerprint density at radius 3 is 1.96 bits per heavy atom. The Balaban J connectivity index is 1.10. The fraction of sp³-hybridized carbons (Fsp3) is 0.773. The average molecular weight is 368 g/mol. The van der Waals surface area contributed by atoms with Crippen LogP contribution in [0.5, 0.6) is 0 Å². The van der Waals surface area contributed by atoms with E-state index in [1.807, 2.05) is 0 Å². The van der Waals surface area contributed by atoms with E-state index < -0.39 is 0 Å². The van der Waals surface area contributed by atoms with Gasteiger partial charge in [-0.3, -0.25) is 19.3 Å². The molecule has 6 aliphatic carbocycles. The van der Waals surface area contributed by atoms with Gasteiger partial charge in [-0.25, -0.2) is 0 Å². The number of nitrogens with one attached hydrogen (secondary N) is 1. The standard InChI is InChI=1S/C22H28N2O3/c25-17(23-11-22-7-12-3-13(8-22)5-14(4-12)9-22)10-24-20(26)18-15-1-2-16(6-15)19(18)21(24)27/h1-2,12-16,18-19H,3-11H2,(H,23,25). The van der Waals surface area contributed by atoms with Crippen LogP contribution >= 0.6 is 0 Å². The largest absolute Gasteiger partial charge is 0.354 e. The number of rotatable bonds is 4. The van der Waals surface area contributed by atoms with Crippen molar-refractivity contribution in [3.8, 4) is 0 Å². The van der Waals surface area contributed by atoms with Gasteiger partial charge in [0.15, 0.2) is 0 Å². The van der Waals surface area contributed by atoms with Crippen LogP contribution in [0.2, 0.25) is 0 Å². The molecule has 7 aliphatic rings. The number of likely N-dealkylation sites (tertiary alicyclic amines) is 1. The molecule has 0 radical (unpaired) electrons. The van der Waals surface area contributed by atoms with Crippen LogP contribution in [-0.4, -0.2) is 35.7 Å². The molecule has 27 heavy (non-hydrogen) atoms. The van der Waals surface area contributed by atoms with Crippen LogP contribution in [0.15, 0.2) is 12.2 Å². The Kier molecular flexibility index (Phi) is 3.29. The zero-order valence-electron chi connectivity index (χ0n) is 15.7. The van der Waals surface area contributed by atoms with E-state index in [-0.39, 0.29) is 53.4 Å². The molecule has 0 aromatic heterocycles. The molecule has 4 atom stereocenters. The summed E-state index contributed by atoms with van der Waals surface area (Å²) in [5.74, 6) is 2.18. The van der Waals surface area contributed by atoms with E-state index >= 15 is 0 Å². The number of hydrogen-bond acceptors (Lipinski definition) is 3. The summed E-state index contributed by atoms with van der Waals surface area (Å²) in [6.45, 7) is 0.641. The first kappa shape index (κ1) is 16.3. The van der Waals surface area contributed by atoms with Gasteiger partial charge in [0.1, 0.15) is 6.54 Å². The lowest BCUT2D eigenvalue weighted by Crippen LogP contribution is -2.52. The fourth-order valence-corrected chi connectivity index (χ4v) is 8.11. The monoisotopic (exact) mass is 368 g/mol. The van der Waals surface area contributed by atoms with Gasteiger partial charge in [-0.15, -0.1) is 0 Å². The van der Waals surface area contributed by atoms with Crippen LogP contribution in [0.3, 0.4) is 0 Å². The maximum atomic E-state index is 12.7. The van der Waals surface area contributed by atoms with Crippen LogP contribution in [0.1, 0.15) is 44.9 Å². The van der Waals surface area contributed by atoms with Crippen molar-refractivity contribution in [1.29, 1.82) is 0 Å². The van der Waals surface area contributed by atoms with E-state index in [1.54, 1.807) is 0 Å². The molecule has 5 saturated carbocycles. The molecule has 6 bridgehead atoms. The van der Waals surface area contributed by atoms with E-state index in [0.29, 0.717) is 0 Å². The third-order valence-electron chi connectivity index (χ3n) is 8.69. The molecular weight excluding hydrogens is 340 g/mol. The Labute approximate surface area is 159 Å². The van der Waals surface area contributed by atoms with E-state index in [9.17, 15) is 14.4 Å². The summed E-state index contributed by atoms with van der Waals surface area (Å²) < 4.78 is 0. The summed E-state index contributed by atoms with van der Waals surface area (Å²) in [6.07, 6.45) is 13.0. The van der Waals surface area contributed by atoms with Gasteiger partial charge in [0.05, 0.1) is 11.8 Å². The molecule has 7 rings (SSSR count). The lowest BCUT2D eigenvalue weighted by atomic mass is 9.49. The van der Waals surface area contributed by atoms with Crippen LogP contribution in [0, 0.1) is 46.8 Å². The van der Waals surface area contributed by atoms with E-state index in [2.05, 4.69) is 17.5 Å². The molecule has 1 N–H and O–H groups in total. The summed E-state index contributed by atoms with van der Waals surface area (Å²) in [6, 6.07) is 0. The van der Waals surface area contributed by atoms with Crippen LogP contribution in [-0.2, 0) is 14.4 Å². The topological polar surface area (TPSA) is 66.5 Å². The van der Waals surface area contributed by atoms with E-state index in [4.69, 9.17) is 0 Å². The summed E-state index contributed by atoms with van der Waals surface area (Å²) in [5.41, 5.74) is 0.281. The molecule has 1 saturated heterocycles. The first-order valence-electron chi connectivity index (χ1n) is 10.8. The van der Waals surface area contributed by atoms with Gasteiger partial charge < -0.3 is 5.32 Å². The second-order valence-corrected chi connectivity index (χ2v) is 10.5. The molecule has 5 nitrogen and oxygen atoms in total. The van der Waals surface area contributed by atoms with Crippen LogP contribution < -0.4 is 5.32 Å². The average Bonchev–Trinajstić information content (AvgIpc) is 3.29. The van der Waals surface area contributed by atoms with Crippen molar-refractivity contribution in [2.45, 2.75) is 44.9 Å². The van der Waals surface area contributed by atoms with Gasteiger partial charge in [-0.1, -0.05) is 12.2 Å². The number of fused-ring (bicyclic) bond motifs is 5. The fourth-order valence-electron chi connectivity index (χ4n) is 8.11. The minimum Gasteiger partial charge on any atom is -0.354 e. The number of amides is 3. The van der Waals surface area contributed by atoms with Gasteiger partial charge in [-0.05, 0) is 80.0 Å². The van der Waals surface area contributed by atoms with Gasteiger partial charge >= 0.3 is 0 Å². The Morgan fingerprint density at radius 1 is 0.926 bits per heavy atom. The third-order valence-corrected chi connectivity index (χ3v) is 8.69. The van der Waals surface area contributed by atoms with Crippen LogP contribution in [0.4, 0.5) is 0 Å². The molecule has 3 amide bonds. The number of hydrogen-bond donors (Lipinski definition) is 1. The minimum atomic E-state index is -0.205. The summed E-state index contributed by atoms with van der Waals surface area (Å²) >= 11 is 0. The maximum Gasteiger partial charge on any atom is 0.240 e. The zero-order chi connectivity index (χ0) is 18.3. The number of allylic oxidation sites excluding steroid dienone is 2. The summed E-state index contributed by atoms with van der Waals surface area (Å²) in [4.78, 5) is 39.3. The minimum absolute atomic E-state index is 0.0868. The van der Waals surface area contributed by atoms with Crippen molar-refractivity contribution in [3.63, 3.8) is 0 Å². The Hall–Kier alpha value is -1.65. The van der Waals surface area contributed by atoms with Gasteiger partial charge in [0.25, 0.3) is 0 Å². The molecule has 1 heterocycles. The molecule has 144 valence electrons. The predicted octanol–water partition coefficient (Wildman–Crippen LogP) is 2.13. The molecular formula is C22H28N2O3. The van der Waals surface area contributed by atoms with Crippen LogP contribution in [0.25, 0.3) is 0 Å². The lowest BCUT2D eigenvalue weighted by molar-refractivity contribution is -0.144. The Bertz CT molecular complexity index is 691. The third kappa shape index (κ3) is 2.32. The molecule has 4 unspecified atom stereocenters. The molecule has 0 aromatic carbocycles. The van der Waals surface area contributed by atoms with Crippen molar-refractivity contribution >= 4 is 17.7 Å². The zero-order valence-corrected chi connectivity index (χ0v) is 15.7.